The highest BCUT2D eigenvalue weighted by atomic mass is 32.2. The molecule has 3 aromatic carbocycles. The van der Waals surface area contributed by atoms with Gasteiger partial charge in [-0.05, 0) is 35.2 Å². The van der Waals surface area contributed by atoms with Crippen LogP contribution in [-0.2, 0) is 27.8 Å². The van der Waals surface area contributed by atoms with Crippen LogP contribution in [0.1, 0.15) is 16.7 Å². The number of sulfonamides is 1. The molecule has 2 N–H and O–H groups in total. The van der Waals surface area contributed by atoms with E-state index in [1.807, 2.05) is 42.5 Å². The normalized spacial score (nSPS) is 11.3. The maximum atomic E-state index is 12.5. The van der Waals surface area contributed by atoms with Crippen molar-refractivity contribution in [1.82, 2.24) is 9.62 Å². The quantitative estimate of drug-likeness (QED) is 0.539. The number of benzene rings is 3. The Balaban J connectivity index is 1.62. The van der Waals surface area contributed by atoms with Gasteiger partial charge in [0.1, 0.15) is 0 Å². The number of anilines is 1. The minimum atomic E-state index is -3.58. The minimum Gasteiger partial charge on any atom is -0.376 e. The summed E-state index contributed by atoms with van der Waals surface area (Å²) in [7, 11) is -0.604. The molecule has 31 heavy (non-hydrogen) atoms. The lowest BCUT2D eigenvalue weighted by Gasteiger charge is -2.16. The third-order valence-electron chi connectivity index (χ3n) is 4.90. The van der Waals surface area contributed by atoms with Crippen molar-refractivity contribution in [2.45, 2.75) is 17.9 Å². The lowest BCUT2D eigenvalue weighted by molar-refractivity contribution is -0.119. The van der Waals surface area contributed by atoms with Crippen molar-refractivity contribution in [2.24, 2.45) is 0 Å². The van der Waals surface area contributed by atoms with Crippen LogP contribution in [0.3, 0.4) is 0 Å². The molecule has 0 aliphatic heterocycles. The van der Waals surface area contributed by atoms with E-state index < -0.39 is 10.0 Å². The van der Waals surface area contributed by atoms with Gasteiger partial charge in [-0.25, -0.2) is 12.7 Å². The van der Waals surface area contributed by atoms with Crippen LogP contribution in [0.25, 0.3) is 0 Å². The highest BCUT2D eigenvalue weighted by Gasteiger charge is 2.20. The van der Waals surface area contributed by atoms with Gasteiger partial charge in [0, 0.05) is 26.3 Å². The molecule has 0 bridgehead atoms. The Labute approximate surface area is 184 Å². The molecule has 0 atom stereocenters. The first-order chi connectivity index (χ1) is 14.9. The Morgan fingerprint density at radius 3 is 2.16 bits per heavy atom. The van der Waals surface area contributed by atoms with Crippen molar-refractivity contribution in [3.05, 3.63) is 95.6 Å². The number of nitrogens with zero attached hydrogens (tertiary/aromatic N) is 1. The number of amides is 1. The summed E-state index contributed by atoms with van der Waals surface area (Å²) in [5.41, 5.74) is 3.75. The molecule has 162 valence electrons. The van der Waals surface area contributed by atoms with Crippen LogP contribution in [0.15, 0.2) is 83.8 Å². The molecule has 0 heterocycles. The van der Waals surface area contributed by atoms with Crippen LogP contribution >= 0.6 is 0 Å². The highest BCUT2D eigenvalue weighted by molar-refractivity contribution is 7.89. The van der Waals surface area contributed by atoms with Crippen LogP contribution in [0, 0.1) is 0 Å². The minimum absolute atomic E-state index is 0.0917. The predicted molar refractivity (Wildman–Crippen MR) is 123 cm³/mol. The molecule has 3 aromatic rings. The molecule has 0 aromatic heterocycles. The van der Waals surface area contributed by atoms with E-state index in [0.29, 0.717) is 5.56 Å². The van der Waals surface area contributed by atoms with E-state index >= 15 is 0 Å². The van der Waals surface area contributed by atoms with Gasteiger partial charge in [-0.3, -0.25) is 4.79 Å². The molecule has 0 aliphatic carbocycles. The summed E-state index contributed by atoms with van der Waals surface area (Å²) in [6.07, 6.45) is 0.765. The zero-order chi connectivity index (χ0) is 22.3. The Morgan fingerprint density at radius 1 is 0.839 bits per heavy atom. The predicted octanol–water partition coefficient (Wildman–Crippen LogP) is 3.26. The fourth-order valence-corrected chi connectivity index (χ4v) is 4.31. The van der Waals surface area contributed by atoms with E-state index in [4.69, 9.17) is 0 Å². The summed E-state index contributed by atoms with van der Waals surface area (Å²) in [6.45, 7) is 0.226. The largest absolute Gasteiger partial charge is 0.376 e. The van der Waals surface area contributed by atoms with Crippen molar-refractivity contribution >= 4 is 21.6 Å². The standard InChI is InChI=1S/C24H27N3O3S/c1-27(2)31(29,30)23-15-9-7-13-21(23)17-26-24(28)18-25-22-14-8-6-12-20(22)16-19-10-4-3-5-11-19/h3-15,25H,16-18H2,1-2H3,(H,26,28). The van der Waals surface area contributed by atoms with Gasteiger partial charge in [0.2, 0.25) is 15.9 Å². The van der Waals surface area contributed by atoms with E-state index in [1.165, 1.54) is 24.0 Å². The molecule has 0 saturated carbocycles. The first-order valence-electron chi connectivity index (χ1n) is 10.0. The van der Waals surface area contributed by atoms with Gasteiger partial charge in [-0.15, -0.1) is 0 Å². The number of para-hydroxylation sites is 1. The molecule has 1 amide bonds. The number of carbonyl (C=O) groups is 1. The zero-order valence-corrected chi connectivity index (χ0v) is 18.5. The van der Waals surface area contributed by atoms with Crippen molar-refractivity contribution in [1.29, 1.82) is 0 Å². The molecule has 6 nitrogen and oxygen atoms in total. The third kappa shape index (κ3) is 5.93. The van der Waals surface area contributed by atoms with Gasteiger partial charge in [-0.2, -0.15) is 0 Å². The second kappa shape index (κ2) is 10.2. The summed E-state index contributed by atoms with van der Waals surface area (Å²) in [6, 6.07) is 24.7. The topological polar surface area (TPSA) is 78.5 Å². The van der Waals surface area contributed by atoms with E-state index in [2.05, 4.69) is 22.8 Å². The fraction of sp³-hybridized carbons (Fsp3) is 0.208. The Kier molecular flexibility index (Phi) is 7.44. The maximum Gasteiger partial charge on any atom is 0.242 e. The molecular weight excluding hydrogens is 410 g/mol. The highest BCUT2D eigenvalue weighted by Crippen LogP contribution is 2.20. The van der Waals surface area contributed by atoms with Gasteiger partial charge in [0.25, 0.3) is 0 Å². The summed E-state index contributed by atoms with van der Waals surface area (Å²) >= 11 is 0. The van der Waals surface area contributed by atoms with Crippen molar-refractivity contribution in [3.8, 4) is 0 Å². The lowest BCUT2D eigenvalue weighted by atomic mass is 10.0. The van der Waals surface area contributed by atoms with Gasteiger partial charge in [0.05, 0.1) is 11.4 Å². The average molecular weight is 438 g/mol. The Morgan fingerprint density at radius 2 is 1.45 bits per heavy atom. The first kappa shape index (κ1) is 22.5. The van der Waals surface area contributed by atoms with E-state index in [9.17, 15) is 13.2 Å². The fourth-order valence-electron chi connectivity index (χ4n) is 3.19. The summed E-state index contributed by atoms with van der Waals surface area (Å²) in [5, 5.41) is 6.00. The summed E-state index contributed by atoms with van der Waals surface area (Å²) in [5.74, 6) is -0.216. The van der Waals surface area contributed by atoms with Gasteiger partial charge in [0.15, 0.2) is 0 Å². The SMILES string of the molecule is CN(C)S(=O)(=O)c1ccccc1CNC(=O)CNc1ccccc1Cc1ccccc1. The Bertz CT molecular complexity index is 1130. The van der Waals surface area contributed by atoms with E-state index in [1.54, 1.807) is 24.3 Å². The number of carbonyl (C=O) groups excluding carboxylic acids is 1. The molecular formula is C24H27N3O3S. The van der Waals surface area contributed by atoms with Gasteiger partial charge >= 0.3 is 0 Å². The maximum absolute atomic E-state index is 12.5. The molecule has 0 aliphatic rings. The second-order valence-electron chi connectivity index (χ2n) is 7.34. The lowest BCUT2D eigenvalue weighted by Crippen LogP contribution is -2.31. The number of hydrogen-bond acceptors (Lipinski definition) is 4. The molecule has 3 rings (SSSR count). The van der Waals surface area contributed by atoms with Crippen LogP contribution in [0.5, 0.6) is 0 Å². The third-order valence-corrected chi connectivity index (χ3v) is 6.82. The average Bonchev–Trinajstić information content (AvgIpc) is 2.78. The summed E-state index contributed by atoms with van der Waals surface area (Å²) < 4.78 is 26.2. The van der Waals surface area contributed by atoms with Crippen LogP contribution in [0.4, 0.5) is 5.69 Å². The number of rotatable bonds is 9. The molecule has 0 fully saturated rings. The van der Waals surface area contributed by atoms with Crippen molar-refractivity contribution in [3.63, 3.8) is 0 Å². The van der Waals surface area contributed by atoms with Crippen molar-refractivity contribution < 1.29 is 13.2 Å². The molecule has 0 radical (unpaired) electrons. The smallest absolute Gasteiger partial charge is 0.242 e. The van der Waals surface area contributed by atoms with E-state index in [-0.39, 0.29) is 23.9 Å². The molecule has 0 spiro atoms. The van der Waals surface area contributed by atoms with Crippen LogP contribution in [-0.4, -0.2) is 39.3 Å². The first-order valence-corrected chi connectivity index (χ1v) is 11.4. The number of hydrogen-bond donors (Lipinski definition) is 2. The molecule has 0 unspecified atom stereocenters. The second-order valence-corrected chi connectivity index (χ2v) is 9.47. The van der Waals surface area contributed by atoms with Gasteiger partial charge < -0.3 is 10.6 Å². The summed E-state index contributed by atoms with van der Waals surface area (Å²) in [4.78, 5) is 12.6. The Hall–Kier alpha value is -3.16. The van der Waals surface area contributed by atoms with Crippen LogP contribution in [0.2, 0.25) is 0 Å². The molecule has 7 heteroatoms. The van der Waals surface area contributed by atoms with Gasteiger partial charge in [-0.1, -0.05) is 66.7 Å². The number of nitrogens with one attached hydrogen (secondary N) is 2. The van der Waals surface area contributed by atoms with E-state index in [0.717, 1.165) is 17.7 Å². The van der Waals surface area contributed by atoms with Crippen molar-refractivity contribution in [2.75, 3.05) is 26.0 Å². The monoisotopic (exact) mass is 437 g/mol. The zero-order valence-electron chi connectivity index (χ0n) is 17.7. The molecule has 0 saturated heterocycles. The van der Waals surface area contributed by atoms with Crippen LogP contribution < -0.4 is 10.6 Å².